The fourth-order valence-corrected chi connectivity index (χ4v) is 7.80. The van der Waals surface area contributed by atoms with E-state index in [-0.39, 0.29) is 37.0 Å². The van der Waals surface area contributed by atoms with Crippen LogP contribution in [0, 0.1) is 0 Å². The van der Waals surface area contributed by atoms with E-state index in [0.717, 1.165) is 25.7 Å². The first kappa shape index (κ1) is 36.2. The lowest BCUT2D eigenvalue weighted by molar-refractivity contribution is -0.165. The monoisotopic (exact) mass is 709 g/mol. The van der Waals surface area contributed by atoms with Gasteiger partial charge in [-0.15, -0.1) is 10.2 Å². The van der Waals surface area contributed by atoms with Crippen molar-refractivity contribution in [1.82, 2.24) is 40.4 Å². The summed E-state index contributed by atoms with van der Waals surface area (Å²) in [5.74, 6) is 0.370. The minimum atomic E-state index is -1.34. The molecule has 48 heavy (non-hydrogen) atoms. The van der Waals surface area contributed by atoms with Crippen molar-refractivity contribution in [3.05, 3.63) is 17.3 Å². The standard InChI is InChI=1S/C30H45ClN9O7P/c1-6-44-26(42)30(48(5)18-41,15-9-12-22-35-37-38-36-22)45-17-20-13-14-23(46-20)40-25-21(16-32-40)24(33-27(31)34-25)39(19-10-7-8-11-19)28(43)47-29(2,3)4/h16,19-20,23,41H,6-15,17-18H2,1-5H3,(H,35,36,37,38). The number of nitrogens with zero attached hydrogens (tertiary/aromatic N) is 8. The van der Waals surface area contributed by atoms with Crippen molar-refractivity contribution in [2.75, 3.05) is 31.1 Å². The number of carbonyl (C=O) groups is 2. The quantitative estimate of drug-likeness (QED) is 0.133. The number of aryl methyl sites for hydroxylation is 1. The second-order valence-corrected chi connectivity index (χ2v) is 15.8. The summed E-state index contributed by atoms with van der Waals surface area (Å²) in [6.45, 7) is 9.31. The van der Waals surface area contributed by atoms with E-state index >= 15 is 0 Å². The maximum absolute atomic E-state index is 13.5. The highest BCUT2D eigenvalue weighted by atomic mass is 35.5. The molecule has 0 aromatic carbocycles. The third-order valence-electron chi connectivity index (χ3n) is 8.51. The Hall–Kier alpha value is -3.04. The van der Waals surface area contributed by atoms with E-state index in [0.29, 0.717) is 54.8 Å². The molecule has 4 atom stereocenters. The number of aromatic amines is 1. The van der Waals surface area contributed by atoms with Crippen LogP contribution in [0.5, 0.6) is 0 Å². The van der Waals surface area contributed by atoms with E-state index in [1.54, 1.807) is 22.7 Å². The van der Waals surface area contributed by atoms with Crippen molar-refractivity contribution in [3.8, 4) is 0 Å². The Balaban J connectivity index is 1.35. The maximum atomic E-state index is 13.5. The molecule has 4 heterocycles. The molecule has 16 nitrogen and oxygen atoms in total. The van der Waals surface area contributed by atoms with Gasteiger partial charge in [0.1, 0.15) is 5.60 Å². The van der Waals surface area contributed by atoms with Crippen molar-refractivity contribution in [2.24, 2.45) is 0 Å². The van der Waals surface area contributed by atoms with E-state index in [1.807, 2.05) is 27.4 Å². The van der Waals surface area contributed by atoms with Gasteiger partial charge >= 0.3 is 12.1 Å². The van der Waals surface area contributed by atoms with Crippen LogP contribution in [0.2, 0.25) is 5.28 Å². The molecule has 264 valence electrons. The van der Waals surface area contributed by atoms with E-state index in [2.05, 4.69) is 35.7 Å². The number of halogens is 1. The minimum absolute atomic E-state index is 0.0240. The zero-order valence-corrected chi connectivity index (χ0v) is 29.7. The van der Waals surface area contributed by atoms with Crippen molar-refractivity contribution >= 4 is 48.4 Å². The van der Waals surface area contributed by atoms with Gasteiger partial charge in [0.25, 0.3) is 0 Å². The number of hydrogen-bond acceptors (Lipinski definition) is 13. The smallest absolute Gasteiger partial charge is 0.416 e. The number of nitrogens with one attached hydrogen (secondary N) is 1. The molecule has 4 unspecified atom stereocenters. The zero-order chi connectivity index (χ0) is 34.5. The predicted octanol–water partition coefficient (Wildman–Crippen LogP) is 4.71. The van der Waals surface area contributed by atoms with Crippen molar-refractivity contribution < 1.29 is 33.6 Å². The lowest BCUT2D eigenvalue weighted by Crippen LogP contribution is -2.43. The third-order valence-corrected chi connectivity index (χ3v) is 10.9. The summed E-state index contributed by atoms with van der Waals surface area (Å²) in [5.41, 5.74) is -0.263. The first-order chi connectivity index (χ1) is 23.0. The Labute approximate surface area is 285 Å². The molecular weight excluding hydrogens is 665 g/mol. The molecule has 1 amide bonds. The molecule has 3 aromatic heterocycles. The normalized spacial score (nSPS) is 20.6. The van der Waals surface area contributed by atoms with Gasteiger partial charge in [0, 0.05) is 12.5 Å². The molecule has 5 rings (SSSR count). The summed E-state index contributed by atoms with van der Waals surface area (Å²) in [7, 11) is -1.32. The number of carbonyl (C=O) groups excluding carboxylic acids is 2. The van der Waals surface area contributed by atoms with Crippen LogP contribution in [0.4, 0.5) is 10.6 Å². The number of anilines is 1. The molecule has 2 N–H and O–H groups in total. The van der Waals surface area contributed by atoms with E-state index in [9.17, 15) is 14.7 Å². The molecule has 3 aromatic rings. The largest absolute Gasteiger partial charge is 0.464 e. The summed E-state index contributed by atoms with van der Waals surface area (Å²) in [4.78, 5) is 37.5. The number of H-pyrrole nitrogens is 1. The number of amides is 1. The van der Waals surface area contributed by atoms with Gasteiger partial charge in [-0.1, -0.05) is 18.1 Å². The average Bonchev–Trinajstić information content (AvgIpc) is 3.86. The molecule has 1 saturated carbocycles. The molecule has 0 spiro atoms. The van der Waals surface area contributed by atoms with Gasteiger partial charge in [-0.2, -0.15) is 20.3 Å². The van der Waals surface area contributed by atoms with Gasteiger partial charge in [-0.25, -0.2) is 14.3 Å². The predicted molar refractivity (Wildman–Crippen MR) is 177 cm³/mol. The number of tetrazole rings is 1. The lowest BCUT2D eigenvalue weighted by atomic mass is 10.1. The molecule has 18 heteroatoms. The molecule has 2 fully saturated rings. The van der Waals surface area contributed by atoms with Crippen LogP contribution in [0.15, 0.2) is 6.20 Å². The van der Waals surface area contributed by atoms with Crippen LogP contribution in [0.3, 0.4) is 0 Å². The Bertz CT molecular complexity index is 1530. The summed E-state index contributed by atoms with van der Waals surface area (Å²) in [6.07, 6.45) is 6.18. The lowest BCUT2D eigenvalue weighted by Gasteiger charge is -2.37. The Kier molecular flexibility index (Phi) is 11.8. The summed E-state index contributed by atoms with van der Waals surface area (Å²) >= 11 is 6.47. The Morgan fingerprint density at radius 1 is 1.21 bits per heavy atom. The van der Waals surface area contributed by atoms with Gasteiger partial charge in [-0.05, 0) is 92.4 Å². The van der Waals surface area contributed by atoms with Crippen molar-refractivity contribution in [3.63, 3.8) is 0 Å². The Morgan fingerprint density at radius 3 is 2.65 bits per heavy atom. The number of fused-ring (bicyclic) bond motifs is 1. The van der Waals surface area contributed by atoms with Crippen LogP contribution in [-0.4, -0.2) is 107 Å². The highest BCUT2D eigenvalue weighted by Crippen LogP contribution is 2.51. The number of aliphatic hydroxyl groups is 1. The summed E-state index contributed by atoms with van der Waals surface area (Å²) in [5, 5.41) is 28.0. The molecule has 1 aliphatic heterocycles. The molecular formula is C30H45ClN9O7P. The van der Waals surface area contributed by atoms with E-state index in [4.69, 9.17) is 30.5 Å². The first-order valence-corrected chi connectivity index (χ1v) is 18.7. The van der Waals surface area contributed by atoms with Crippen LogP contribution in [-0.2, 0) is 30.2 Å². The number of aromatic nitrogens is 8. The second kappa shape index (κ2) is 15.7. The first-order valence-electron chi connectivity index (χ1n) is 16.4. The van der Waals surface area contributed by atoms with Gasteiger partial charge in [0.15, 0.2) is 28.9 Å². The SMILES string of the molecule is CCOC(=O)C(CCCc1nn[nH]n1)(OCC1CCC(n2ncc3c(N(C(=O)OC(C)(C)C)C4CCCC4)nc(Cl)nc32)O1)P(C)CO. The van der Waals surface area contributed by atoms with Crippen LogP contribution >= 0.6 is 19.5 Å². The van der Waals surface area contributed by atoms with Crippen molar-refractivity contribution in [2.45, 2.75) is 115 Å². The second-order valence-electron chi connectivity index (χ2n) is 13.1. The van der Waals surface area contributed by atoms with Crippen molar-refractivity contribution in [1.29, 1.82) is 0 Å². The number of aliphatic hydroxyl groups excluding tert-OH is 1. The Morgan fingerprint density at radius 2 is 1.98 bits per heavy atom. The number of esters is 1. The van der Waals surface area contributed by atoms with Gasteiger partial charge in [0.2, 0.25) is 5.28 Å². The molecule has 1 aliphatic carbocycles. The van der Waals surface area contributed by atoms with E-state index < -0.39 is 37.2 Å². The molecule has 0 bridgehead atoms. The third kappa shape index (κ3) is 8.21. The fraction of sp³-hybridized carbons (Fsp3) is 0.733. The summed E-state index contributed by atoms with van der Waals surface area (Å²) < 4.78 is 25.7. The van der Waals surface area contributed by atoms with Gasteiger partial charge in [0.05, 0.1) is 37.2 Å². The van der Waals surface area contributed by atoms with Crippen LogP contribution < -0.4 is 4.90 Å². The number of hydrogen-bond donors (Lipinski definition) is 2. The zero-order valence-electron chi connectivity index (χ0n) is 28.1. The van der Waals surface area contributed by atoms with Crippen LogP contribution in [0.25, 0.3) is 11.0 Å². The molecule has 0 radical (unpaired) electrons. The van der Waals surface area contributed by atoms with Gasteiger partial charge in [-0.3, -0.25) is 4.90 Å². The average molecular weight is 710 g/mol. The minimum Gasteiger partial charge on any atom is -0.464 e. The highest BCUT2D eigenvalue weighted by molar-refractivity contribution is 7.59. The van der Waals surface area contributed by atoms with Gasteiger partial charge < -0.3 is 24.1 Å². The number of ether oxygens (including phenoxy) is 4. The number of rotatable bonds is 14. The highest BCUT2D eigenvalue weighted by Gasteiger charge is 2.47. The molecule has 1 saturated heterocycles. The van der Waals surface area contributed by atoms with Crippen LogP contribution in [0.1, 0.15) is 91.1 Å². The molecule has 2 aliphatic rings. The maximum Gasteiger partial charge on any atom is 0.416 e. The van der Waals surface area contributed by atoms with E-state index in [1.165, 1.54) is 0 Å². The summed E-state index contributed by atoms with van der Waals surface area (Å²) in [6, 6.07) is -0.0866. The fourth-order valence-electron chi connectivity index (χ4n) is 6.20. The topological polar surface area (TPSA) is 193 Å².